The molecule has 0 radical (unpaired) electrons. The molecule has 36 heavy (non-hydrogen) atoms. The predicted octanol–water partition coefficient (Wildman–Crippen LogP) is 5.46. The Kier molecular flexibility index (Phi) is 7.03. The van der Waals surface area contributed by atoms with Crippen LogP contribution < -0.4 is 10.1 Å². The van der Waals surface area contributed by atoms with Crippen LogP contribution in [0.3, 0.4) is 0 Å². The summed E-state index contributed by atoms with van der Waals surface area (Å²) >= 11 is 0. The number of aryl methyl sites for hydroxylation is 1. The minimum Gasteiger partial charge on any atom is -0.497 e. The molecule has 1 aromatic heterocycles. The number of fused-ring (bicyclic) bond motifs is 1. The lowest BCUT2D eigenvalue weighted by Crippen LogP contribution is -2.46. The fourth-order valence-corrected chi connectivity index (χ4v) is 4.82. The lowest BCUT2D eigenvalue weighted by molar-refractivity contribution is -0.122. The molecular weight excluding hydrogens is 452 g/mol. The van der Waals surface area contributed by atoms with Gasteiger partial charge < -0.3 is 19.4 Å². The van der Waals surface area contributed by atoms with Crippen molar-refractivity contribution in [3.05, 3.63) is 90.2 Å². The summed E-state index contributed by atoms with van der Waals surface area (Å²) in [6.07, 6.45) is 2.63. The fraction of sp³-hybridized carbons (Fsp3) is 0.267. The highest BCUT2D eigenvalue weighted by Crippen LogP contribution is 2.37. The number of hydrogen-bond donors (Lipinski definition) is 1. The van der Waals surface area contributed by atoms with Crippen LogP contribution in [0.25, 0.3) is 22.1 Å². The number of likely N-dealkylation sites (tertiary alicyclic amines) is 1. The third-order valence-electron chi connectivity index (χ3n) is 6.78. The molecule has 184 valence electrons. The van der Waals surface area contributed by atoms with Gasteiger partial charge in [0, 0.05) is 42.6 Å². The van der Waals surface area contributed by atoms with Crippen molar-refractivity contribution in [2.24, 2.45) is 0 Å². The van der Waals surface area contributed by atoms with Crippen LogP contribution in [0.5, 0.6) is 5.75 Å². The van der Waals surface area contributed by atoms with E-state index in [2.05, 4.69) is 5.32 Å². The molecule has 0 atom stereocenters. The Hall–Kier alpha value is -4.06. The van der Waals surface area contributed by atoms with Crippen LogP contribution in [0.2, 0.25) is 0 Å². The molecule has 0 bridgehead atoms. The molecule has 0 aliphatic carbocycles. The maximum Gasteiger partial charge on any atom is 0.290 e. The van der Waals surface area contributed by atoms with Gasteiger partial charge in [0.1, 0.15) is 11.3 Å². The largest absolute Gasteiger partial charge is 0.497 e. The fourth-order valence-electron chi connectivity index (χ4n) is 4.82. The van der Waals surface area contributed by atoms with E-state index in [4.69, 9.17) is 9.15 Å². The van der Waals surface area contributed by atoms with E-state index < -0.39 is 0 Å². The van der Waals surface area contributed by atoms with Gasteiger partial charge in [0.25, 0.3) is 5.91 Å². The normalized spacial score (nSPS) is 14.1. The third kappa shape index (κ3) is 5.13. The standard InChI is InChI=1S/C30H30N2O4/c1-35-24-13-14-25-26(20-24)36-29(28(25)22-10-6-3-7-11-22)30(34)32-18-16-23(17-19-32)31-27(33)15-12-21-8-4-2-5-9-21/h2-11,13-14,20,23H,12,15-19H2,1H3,(H,31,33). The van der Waals surface area contributed by atoms with Gasteiger partial charge in [0.15, 0.2) is 0 Å². The van der Waals surface area contributed by atoms with E-state index in [9.17, 15) is 9.59 Å². The van der Waals surface area contributed by atoms with E-state index in [1.54, 1.807) is 7.11 Å². The van der Waals surface area contributed by atoms with Gasteiger partial charge in [-0.15, -0.1) is 0 Å². The van der Waals surface area contributed by atoms with Gasteiger partial charge in [-0.25, -0.2) is 0 Å². The second-order valence-corrected chi connectivity index (χ2v) is 9.15. The molecular formula is C30H30N2O4. The smallest absolute Gasteiger partial charge is 0.290 e. The van der Waals surface area contributed by atoms with Crippen molar-refractivity contribution in [2.75, 3.05) is 20.2 Å². The number of hydrogen-bond acceptors (Lipinski definition) is 4. The Labute approximate surface area is 210 Å². The number of benzene rings is 3. The molecule has 5 rings (SSSR count). The van der Waals surface area contributed by atoms with E-state index in [1.165, 1.54) is 0 Å². The van der Waals surface area contributed by atoms with E-state index in [-0.39, 0.29) is 17.9 Å². The number of amides is 2. The summed E-state index contributed by atoms with van der Waals surface area (Å²) in [7, 11) is 1.61. The van der Waals surface area contributed by atoms with Crippen LogP contribution in [0.15, 0.2) is 83.3 Å². The van der Waals surface area contributed by atoms with E-state index in [1.807, 2.05) is 83.8 Å². The highest BCUT2D eigenvalue weighted by molar-refractivity contribution is 6.08. The Morgan fingerprint density at radius 3 is 2.36 bits per heavy atom. The number of carbonyl (C=O) groups is 2. The van der Waals surface area contributed by atoms with Crippen LogP contribution >= 0.6 is 0 Å². The number of ether oxygens (including phenoxy) is 1. The van der Waals surface area contributed by atoms with Gasteiger partial charge in [-0.05, 0) is 42.5 Å². The molecule has 6 heteroatoms. The topological polar surface area (TPSA) is 71.8 Å². The predicted molar refractivity (Wildman–Crippen MR) is 140 cm³/mol. The number of carbonyl (C=O) groups excluding carboxylic acids is 2. The number of nitrogens with one attached hydrogen (secondary N) is 1. The van der Waals surface area contributed by atoms with Crippen LogP contribution in [0, 0.1) is 0 Å². The molecule has 6 nitrogen and oxygen atoms in total. The van der Waals surface area contributed by atoms with Gasteiger partial charge in [-0.1, -0.05) is 60.7 Å². The molecule has 0 saturated carbocycles. The molecule has 2 heterocycles. The Morgan fingerprint density at radius 1 is 0.972 bits per heavy atom. The monoisotopic (exact) mass is 482 g/mol. The Morgan fingerprint density at radius 2 is 1.67 bits per heavy atom. The number of rotatable bonds is 7. The van der Waals surface area contributed by atoms with Crippen LogP contribution in [0.4, 0.5) is 0 Å². The average molecular weight is 483 g/mol. The van der Waals surface area contributed by atoms with Gasteiger partial charge in [-0.2, -0.15) is 0 Å². The van der Waals surface area contributed by atoms with Gasteiger partial charge in [0.05, 0.1) is 7.11 Å². The Balaban J connectivity index is 1.27. The number of piperidine rings is 1. The zero-order chi connectivity index (χ0) is 24.9. The number of furan rings is 1. The van der Waals surface area contributed by atoms with E-state index in [0.717, 1.165) is 41.3 Å². The quantitative estimate of drug-likeness (QED) is 0.380. The summed E-state index contributed by atoms with van der Waals surface area (Å²) in [6.45, 7) is 1.13. The summed E-state index contributed by atoms with van der Waals surface area (Å²) in [5.74, 6) is 0.951. The second kappa shape index (κ2) is 10.7. The highest BCUT2D eigenvalue weighted by atomic mass is 16.5. The summed E-state index contributed by atoms with van der Waals surface area (Å²) in [6, 6.07) is 25.6. The van der Waals surface area contributed by atoms with Crippen molar-refractivity contribution in [1.29, 1.82) is 0 Å². The SMILES string of the molecule is COc1ccc2c(-c3ccccc3)c(C(=O)N3CCC(NC(=O)CCc4ccccc4)CC3)oc2c1. The van der Waals surface area contributed by atoms with Crippen LogP contribution in [-0.4, -0.2) is 43.0 Å². The van der Waals surface area contributed by atoms with E-state index in [0.29, 0.717) is 36.6 Å². The average Bonchev–Trinajstić information content (AvgIpc) is 3.31. The molecule has 1 aliphatic rings. The number of nitrogens with zero attached hydrogens (tertiary/aromatic N) is 1. The van der Waals surface area contributed by atoms with Crippen molar-refractivity contribution < 1.29 is 18.7 Å². The maximum atomic E-state index is 13.6. The Bertz CT molecular complexity index is 1340. The molecule has 1 aliphatic heterocycles. The lowest BCUT2D eigenvalue weighted by atomic mass is 10.00. The maximum absolute atomic E-state index is 13.6. The van der Waals surface area contributed by atoms with Gasteiger partial charge in [0.2, 0.25) is 11.7 Å². The van der Waals surface area contributed by atoms with E-state index >= 15 is 0 Å². The van der Waals surface area contributed by atoms with Crippen molar-refractivity contribution in [1.82, 2.24) is 10.2 Å². The molecule has 4 aromatic rings. The first-order valence-corrected chi connectivity index (χ1v) is 12.4. The molecule has 0 spiro atoms. The third-order valence-corrected chi connectivity index (χ3v) is 6.78. The minimum atomic E-state index is -0.127. The first kappa shape index (κ1) is 23.7. The molecule has 1 fully saturated rings. The van der Waals surface area contributed by atoms with Gasteiger partial charge in [-0.3, -0.25) is 9.59 Å². The van der Waals surface area contributed by atoms with Crippen LogP contribution in [0.1, 0.15) is 35.4 Å². The zero-order valence-corrected chi connectivity index (χ0v) is 20.4. The van der Waals surface area contributed by atoms with Crippen molar-refractivity contribution in [3.8, 4) is 16.9 Å². The van der Waals surface area contributed by atoms with Gasteiger partial charge >= 0.3 is 0 Å². The minimum absolute atomic E-state index is 0.0567. The zero-order valence-electron chi connectivity index (χ0n) is 20.4. The molecule has 3 aromatic carbocycles. The first-order valence-electron chi connectivity index (χ1n) is 12.4. The summed E-state index contributed by atoms with van der Waals surface area (Å²) in [4.78, 5) is 27.9. The van der Waals surface area contributed by atoms with Crippen molar-refractivity contribution >= 4 is 22.8 Å². The second-order valence-electron chi connectivity index (χ2n) is 9.15. The van der Waals surface area contributed by atoms with Crippen LogP contribution in [-0.2, 0) is 11.2 Å². The first-order chi connectivity index (χ1) is 17.6. The summed E-state index contributed by atoms with van der Waals surface area (Å²) in [5, 5.41) is 4.03. The summed E-state index contributed by atoms with van der Waals surface area (Å²) in [5.41, 5.74) is 3.52. The molecule has 2 amide bonds. The molecule has 1 N–H and O–H groups in total. The lowest BCUT2D eigenvalue weighted by Gasteiger charge is -2.32. The highest BCUT2D eigenvalue weighted by Gasteiger charge is 2.30. The van der Waals surface area contributed by atoms with Crippen molar-refractivity contribution in [2.45, 2.75) is 31.7 Å². The van der Waals surface area contributed by atoms with Crippen molar-refractivity contribution in [3.63, 3.8) is 0 Å². The number of methoxy groups -OCH3 is 1. The molecule has 0 unspecified atom stereocenters. The summed E-state index contributed by atoms with van der Waals surface area (Å²) < 4.78 is 11.5. The molecule has 1 saturated heterocycles.